The molecular formula is C19H24Cl2N2O2S. The average Bonchev–Trinajstić information content (AvgIpc) is 3.18. The highest BCUT2D eigenvalue weighted by atomic mass is 35.5. The largest absolute Gasteiger partial charge is 0.453 e. The van der Waals surface area contributed by atoms with Gasteiger partial charge >= 0.3 is 5.97 Å². The minimum absolute atomic E-state index is 0.365. The van der Waals surface area contributed by atoms with Gasteiger partial charge in [-0.25, -0.2) is 4.98 Å². The molecule has 2 rings (SSSR count). The summed E-state index contributed by atoms with van der Waals surface area (Å²) >= 11 is 17.0. The van der Waals surface area contributed by atoms with Crippen LogP contribution in [0.2, 0.25) is 5.02 Å². The molecule has 3 unspecified atom stereocenters. The predicted octanol–water partition coefficient (Wildman–Crippen LogP) is 5.83. The summed E-state index contributed by atoms with van der Waals surface area (Å²) < 4.78 is 7.44. The summed E-state index contributed by atoms with van der Waals surface area (Å²) in [7, 11) is 0. The maximum Gasteiger partial charge on any atom is 0.319 e. The van der Waals surface area contributed by atoms with E-state index in [2.05, 4.69) is 24.5 Å². The lowest BCUT2D eigenvalue weighted by molar-refractivity contribution is -0.150. The fourth-order valence-electron chi connectivity index (χ4n) is 2.59. The predicted molar refractivity (Wildman–Crippen MR) is 109 cm³/mol. The SMILES string of the molecule is CCCCCCC(S)C(=O)OC(c1ccc(Cl)cc1)C(Cl)n1ccnc1. The van der Waals surface area contributed by atoms with Gasteiger partial charge < -0.3 is 9.30 Å². The van der Waals surface area contributed by atoms with Crippen molar-refractivity contribution in [2.75, 3.05) is 0 Å². The van der Waals surface area contributed by atoms with Gasteiger partial charge in [-0.15, -0.1) is 0 Å². The van der Waals surface area contributed by atoms with Gasteiger partial charge in [-0.2, -0.15) is 12.6 Å². The van der Waals surface area contributed by atoms with E-state index in [9.17, 15) is 4.79 Å². The van der Waals surface area contributed by atoms with Gasteiger partial charge in [0.1, 0.15) is 5.50 Å². The van der Waals surface area contributed by atoms with Crippen LogP contribution in [0.25, 0.3) is 0 Å². The number of benzene rings is 1. The third kappa shape index (κ3) is 6.22. The van der Waals surface area contributed by atoms with Crippen molar-refractivity contribution in [2.45, 2.75) is 55.9 Å². The third-order valence-electron chi connectivity index (χ3n) is 4.10. The van der Waals surface area contributed by atoms with Gasteiger partial charge in [0.25, 0.3) is 0 Å². The van der Waals surface area contributed by atoms with E-state index in [0.29, 0.717) is 11.4 Å². The molecule has 0 amide bonds. The Bertz CT molecular complexity index is 665. The monoisotopic (exact) mass is 414 g/mol. The van der Waals surface area contributed by atoms with Crippen LogP contribution >= 0.6 is 35.8 Å². The van der Waals surface area contributed by atoms with E-state index in [1.807, 2.05) is 0 Å². The lowest BCUT2D eigenvalue weighted by Gasteiger charge is -2.25. The Morgan fingerprint density at radius 1 is 1.27 bits per heavy atom. The number of imidazole rings is 1. The number of thiol groups is 1. The summed E-state index contributed by atoms with van der Waals surface area (Å²) in [6, 6.07) is 7.11. The van der Waals surface area contributed by atoms with Crippen molar-refractivity contribution in [2.24, 2.45) is 0 Å². The number of alkyl halides is 1. The van der Waals surface area contributed by atoms with Gasteiger partial charge in [-0.1, -0.05) is 67.9 Å². The molecule has 0 radical (unpaired) electrons. The fraction of sp³-hybridized carbons (Fsp3) is 0.474. The van der Waals surface area contributed by atoms with Crippen molar-refractivity contribution in [1.82, 2.24) is 9.55 Å². The molecule has 0 saturated carbocycles. The number of hydrogen-bond donors (Lipinski definition) is 1. The van der Waals surface area contributed by atoms with E-state index in [1.165, 1.54) is 0 Å². The van der Waals surface area contributed by atoms with Crippen LogP contribution in [0, 0.1) is 0 Å². The van der Waals surface area contributed by atoms with E-state index in [1.54, 1.807) is 47.6 Å². The number of unbranched alkanes of at least 4 members (excludes halogenated alkanes) is 3. The number of halogens is 2. The lowest BCUT2D eigenvalue weighted by Crippen LogP contribution is -2.24. The molecule has 7 heteroatoms. The van der Waals surface area contributed by atoms with Crippen molar-refractivity contribution in [1.29, 1.82) is 0 Å². The van der Waals surface area contributed by atoms with Crippen LogP contribution in [-0.4, -0.2) is 20.8 Å². The first-order valence-corrected chi connectivity index (χ1v) is 10.1. The standard InChI is InChI=1S/C19H24Cl2N2O2S/c1-2-3-4-5-6-16(26)19(24)25-17(14-7-9-15(20)10-8-14)18(21)23-12-11-22-13-23/h7-13,16-18,26H,2-6H2,1H3. The summed E-state index contributed by atoms with van der Waals surface area (Å²) in [6.45, 7) is 2.15. The summed E-state index contributed by atoms with van der Waals surface area (Å²) in [5.74, 6) is -0.365. The number of nitrogens with zero attached hydrogens (tertiary/aromatic N) is 2. The molecule has 1 heterocycles. The molecule has 0 aliphatic heterocycles. The Hall–Kier alpha value is -1.17. The van der Waals surface area contributed by atoms with Crippen LogP contribution in [-0.2, 0) is 9.53 Å². The maximum atomic E-state index is 12.5. The second-order valence-electron chi connectivity index (χ2n) is 6.16. The molecule has 26 heavy (non-hydrogen) atoms. The fourth-order valence-corrected chi connectivity index (χ4v) is 3.27. The number of ether oxygens (including phenoxy) is 1. The maximum absolute atomic E-state index is 12.5. The number of carbonyl (C=O) groups is 1. The van der Waals surface area contributed by atoms with Crippen LogP contribution in [0.4, 0.5) is 0 Å². The highest BCUT2D eigenvalue weighted by Gasteiger charge is 2.28. The van der Waals surface area contributed by atoms with Crippen LogP contribution in [0.15, 0.2) is 43.0 Å². The van der Waals surface area contributed by atoms with Crippen molar-refractivity contribution >= 4 is 41.8 Å². The van der Waals surface area contributed by atoms with Gasteiger partial charge in [0.05, 0.1) is 11.6 Å². The van der Waals surface area contributed by atoms with Crippen LogP contribution in [0.5, 0.6) is 0 Å². The second-order valence-corrected chi connectivity index (χ2v) is 7.66. The van der Waals surface area contributed by atoms with Crippen molar-refractivity contribution in [3.8, 4) is 0 Å². The van der Waals surface area contributed by atoms with E-state index in [0.717, 1.165) is 31.2 Å². The van der Waals surface area contributed by atoms with Crippen LogP contribution in [0.3, 0.4) is 0 Å². The van der Waals surface area contributed by atoms with Crippen molar-refractivity contribution in [3.05, 3.63) is 53.6 Å². The molecule has 0 N–H and O–H groups in total. The van der Waals surface area contributed by atoms with Gasteiger partial charge in [0, 0.05) is 17.4 Å². The zero-order valence-electron chi connectivity index (χ0n) is 14.7. The number of aromatic nitrogens is 2. The topological polar surface area (TPSA) is 44.1 Å². The Balaban J connectivity index is 2.08. The zero-order valence-corrected chi connectivity index (χ0v) is 17.1. The molecule has 0 spiro atoms. The minimum Gasteiger partial charge on any atom is -0.453 e. The molecule has 4 nitrogen and oxygen atoms in total. The molecule has 1 aromatic heterocycles. The first-order valence-electron chi connectivity index (χ1n) is 8.78. The third-order valence-corrected chi connectivity index (χ3v) is 5.28. The highest BCUT2D eigenvalue weighted by Crippen LogP contribution is 2.34. The molecule has 0 fully saturated rings. The zero-order chi connectivity index (χ0) is 18.9. The molecule has 2 aromatic rings. The normalized spacial score (nSPS) is 14.6. The summed E-state index contributed by atoms with van der Waals surface area (Å²) in [4.78, 5) is 16.5. The molecule has 0 bridgehead atoms. The number of esters is 1. The van der Waals surface area contributed by atoms with E-state index >= 15 is 0 Å². The Kier molecular flexibility index (Phi) is 8.82. The highest BCUT2D eigenvalue weighted by molar-refractivity contribution is 7.81. The van der Waals surface area contributed by atoms with Crippen LogP contribution < -0.4 is 0 Å². The van der Waals surface area contributed by atoms with Gasteiger partial charge in [0.2, 0.25) is 0 Å². The van der Waals surface area contributed by atoms with Crippen molar-refractivity contribution in [3.63, 3.8) is 0 Å². The van der Waals surface area contributed by atoms with Gasteiger partial charge in [-0.3, -0.25) is 4.79 Å². The minimum atomic E-state index is -0.666. The molecule has 3 atom stereocenters. The Labute approximate surface area is 170 Å². The molecule has 1 aromatic carbocycles. The molecule has 0 saturated heterocycles. The smallest absolute Gasteiger partial charge is 0.319 e. The molecular weight excluding hydrogens is 391 g/mol. The Morgan fingerprint density at radius 2 is 2.00 bits per heavy atom. The number of carbonyl (C=O) groups excluding carboxylic acids is 1. The lowest BCUT2D eigenvalue weighted by atomic mass is 10.1. The average molecular weight is 415 g/mol. The molecule has 142 valence electrons. The second kappa shape index (κ2) is 10.9. The molecule has 0 aliphatic rings. The first-order chi connectivity index (χ1) is 12.5. The summed E-state index contributed by atoms with van der Waals surface area (Å²) in [5, 5.41) is 0.142. The van der Waals surface area contributed by atoms with Crippen LogP contribution in [0.1, 0.15) is 56.2 Å². The molecule has 0 aliphatic carbocycles. The first kappa shape index (κ1) is 21.1. The van der Waals surface area contributed by atoms with E-state index < -0.39 is 16.9 Å². The van der Waals surface area contributed by atoms with E-state index in [-0.39, 0.29) is 5.97 Å². The van der Waals surface area contributed by atoms with E-state index in [4.69, 9.17) is 27.9 Å². The summed E-state index contributed by atoms with van der Waals surface area (Å²) in [5.41, 5.74) is 0.145. The quantitative estimate of drug-likeness (QED) is 0.230. The summed E-state index contributed by atoms with van der Waals surface area (Å²) in [6.07, 6.45) is 9.34. The van der Waals surface area contributed by atoms with Crippen molar-refractivity contribution < 1.29 is 9.53 Å². The Morgan fingerprint density at radius 3 is 2.62 bits per heavy atom. The number of hydrogen-bond acceptors (Lipinski definition) is 4. The van der Waals surface area contributed by atoms with Gasteiger partial charge in [0.15, 0.2) is 6.10 Å². The number of rotatable bonds is 10. The van der Waals surface area contributed by atoms with Gasteiger partial charge in [-0.05, 0) is 24.1 Å².